The molecule has 6 nitrogen and oxygen atoms in total. The molecule has 0 bridgehead atoms. The molecule has 0 amide bonds. The largest absolute Gasteiger partial charge is 0.464 e. The lowest BCUT2D eigenvalue weighted by Crippen LogP contribution is -2.20. The number of carbonyl (C=O) groups excluding carboxylic acids is 1. The molecule has 1 atom stereocenters. The van der Waals surface area contributed by atoms with E-state index in [1.54, 1.807) is 6.92 Å². The standard InChI is InChI=1S/C9H13N3O3/c1-6(5-13)11-8-4-10-3-7(12-8)9(14)15-2/h3-4,6,13H,5H2,1-2H3,(H,11,12). The van der Waals surface area contributed by atoms with E-state index in [-0.39, 0.29) is 18.3 Å². The topological polar surface area (TPSA) is 84.3 Å². The van der Waals surface area contributed by atoms with E-state index in [0.29, 0.717) is 5.82 Å². The fraction of sp³-hybridized carbons (Fsp3) is 0.444. The van der Waals surface area contributed by atoms with Crippen molar-refractivity contribution < 1.29 is 14.6 Å². The predicted molar refractivity (Wildman–Crippen MR) is 53.5 cm³/mol. The zero-order chi connectivity index (χ0) is 11.3. The number of nitrogens with one attached hydrogen (secondary N) is 1. The quantitative estimate of drug-likeness (QED) is 0.685. The molecule has 2 N–H and O–H groups in total. The number of aromatic nitrogens is 2. The van der Waals surface area contributed by atoms with Gasteiger partial charge in [0.1, 0.15) is 5.82 Å². The molecule has 0 radical (unpaired) electrons. The maximum atomic E-state index is 11.1. The molecule has 0 spiro atoms. The van der Waals surface area contributed by atoms with Gasteiger partial charge < -0.3 is 15.2 Å². The number of esters is 1. The van der Waals surface area contributed by atoms with Gasteiger partial charge >= 0.3 is 5.97 Å². The molecular formula is C9H13N3O3. The predicted octanol–water partition coefficient (Wildman–Crippen LogP) is 0.0559. The summed E-state index contributed by atoms with van der Waals surface area (Å²) in [6.07, 6.45) is 2.79. The molecule has 1 rings (SSSR count). The summed E-state index contributed by atoms with van der Waals surface area (Å²) < 4.78 is 4.50. The van der Waals surface area contributed by atoms with Crippen LogP contribution in [0.25, 0.3) is 0 Å². The molecule has 0 saturated carbocycles. The second-order valence-electron chi connectivity index (χ2n) is 3.01. The highest BCUT2D eigenvalue weighted by atomic mass is 16.5. The van der Waals surface area contributed by atoms with Crippen LogP contribution in [0.5, 0.6) is 0 Å². The fourth-order valence-electron chi connectivity index (χ4n) is 0.937. The second-order valence-corrected chi connectivity index (χ2v) is 3.01. The number of aliphatic hydroxyl groups excluding tert-OH is 1. The van der Waals surface area contributed by atoms with E-state index in [9.17, 15) is 4.79 Å². The lowest BCUT2D eigenvalue weighted by molar-refractivity contribution is 0.0593. The van der Waals surface area contributed by atoms with Crippen molar-refractivity contribution in [1.29, 1.82) is 0 Å². The van der Waals surface area contributed by atoms with Crippen molar-refractivity contribution in [2.24, 2.45) is 0 Å². The van der Waals surface area contributed by atoms with Gasteiger partial charge in [-0.15, -0.1) is 0 Å². The minimum Gasteiger partial charge on any atom is -0.464 e. The van der Waals surface area contributed by atoms with Crippen LogP contribution in [-0.4, -0.2) is 40.8 Å². The number of hydrogen-bond acceptors (Lipinski definition) is 6. The molecule has 0 aliphatic carbocycles. The molecule has 1 unspecified atom stereocenters. The summed E-state index contributed by atoms with van der Waals surface area (Å²) in [6.45, 7) is 1.76. The van der Waals surface area contributed by atoms with Crippen molar-refractivity contribution in [3.8, 4) is 0 Å². The first-order valence-corrected chi connectivity index (χ1v) is 4.45. The van der Waals surface area contributed by atoms with Crippen molar-refractivity contribution >= 4 is 11.8 Å². The Labute approximate surface area is 87.3 Å². The van der Waals surface area contributed by atoms with E-state index < -0.39 is 5.97 Å². The highest BCUT2D eigenvalue weighted by Crippen LogP contribution is 2.04. The van der Waals surface area contributed by atoms with E-state index >= 15 is 0 Å². The Morgan fingerprint density at radius 2 is 2.40 bits per heavy atom. The number of ether oxygens (including phenoxy) is 1. The van der Waals surface area contributed by atoms with Crippen molar-refractivity contribution in [3.05, 3.63) is 18.1 Å². The minimum absolute atomic E-state index is 0.0237. The van der Waals surface area contributed by atoms with Crippen LogP contribution >= 0.6 is 0 Å². The number of aliphatic hydroxyl groups is 1. The summed E-state index contributed by atoms with van der Waals surface area (Å²) in [5.41, 5.74) is 0.132. The van der Waals surface area contributed by atoms with Gasteiger partial charge in [0.05, 0.1) is 26.1 Å². The normalized spacial score (nSPS) is 11.9. The van der Waals surface area contributed by atoms with Gasteiger partial charge in [-0.1, -0.05) is 0 Å². The molecule has 1 aromatic heterocycles. The Hall–Kier alpha value is -1.69. The average Bonchev–Trinajstić information content (AvgIpc) is 2.28. The molecule has 0 aliphatic heterocycles. The highest BCUT2D eigenvalue weighted by molar-refractivity contribution is 5.87. The Bertz CT molecular complexity index is 343. The smallest absolute Gasteiger partial charge is 0.358 e. The van der Waals surface area contributed by atoms with Crippen LogP contribution in [0.3, 0.4) is 0 Å². The Morgan fingerprint density at radius 1 is 1.67 bits per heavy atom. The third-order valence-electron chi connectivity index (χ3n) is 1.70. The summed E-state index contributed by atoms with van der Waals surface area (Å²) in [6, 6.07) is -0.146. The lowest BCUT2D eigenvalue weighted by atomic mass is 10.3. The van der Waals surface area contributed by atoms with E-state index in [1.165, 1.54) is 19.5 Å². The molecule has 0 fully saturated rings. The fourth-order valence-corrected chi connectivity index (χ4v) is 0.937. The molecule has 6 heteroatoms. The molecule has 82 valence electrons. The number of carbonyl (C=O) groups is 1. The number of methoxy groups -OCH3 is 1. The van der Waals surface area contributed by atoms with Gasteiger partial charge in [-0.2, -0.15) is 0 Å². The number of anilines is 1. The van der Waals surface area contributed by atoms with Gasteiger partial charge in [-0.3, -0.25) is 4.98 Å². The number of rotatable bonds is 4. The zero-order valence-corrected chi connectivity index (χ0v) is 8.60. The zero-order valence-electron chi connectivity index (χ0n) is 8.60. The van der Waals surface area contributed by atoms with Crippen molar-refractivity contribution in [1.82, 2.24) is 9.97 Å². The molecule has 0 aromatic carbocycles. The van der Waals surface area contributed by atoms with Gasteiger partial charge in [0.2, 0.25) is 0 Å². The molecular weight excluding hydrogens is 198 g/mol. The minimum atomic E-state index is -0.539. The van der Waals surface area contributed by atoms with E-state index in [2.05, 4.69) is 20.0 Å². The maximum Gasteiger partial charge on any atom is 0.358 e. The first kappa shape index (κ1) is 11.4. The summed E-state index contributed by atoms with van der Waals surface area (Å²) in [7, 11) is 1.28. The van der Waals surface area contributed by atoms with E-state index in [1.807, 2.05) is 0 Å². The summed E-state index contributed by atoms with van der Waals surface area (Å²) >= 11 is 0. The number of nitrogens with zero attached hydrogens (tertiary/aromatic N) is 2. The third kappa shape index (κ3) is 3.17. The van der Waals surface area contributed by atoms with E-state index in [0.717, 1.165) is 0 Å². The average molecular weight is 211 g/mol. The van der Waals surface area contributed by atoms with Crippen LogP contribution in [0, 0.1) is 0 Å². The van der Waals surface area contributed by atoms with Gasteiger partial charge in [-0.25, -0.2) is 9.78 Å². The maximum absolute atomic E-state index is 11.1. The third-order valence-corrected chi connectivity index (χ3v) is 1.70. The molecule has 0 saturated heterocycles. The van der Waals surface area contributed by atoms with Gasteiger partial charge in [-0.05, 0) is 6.92 Å². The van der Waals surface area contributed by atoms with Crippen molar-refractivity contribution in [2.75, 3.05) is 19.0 Å². The highest BCUT2D eigenvalue weighted by Gasteiger charge is 2.09. The Morgan fingerprint density at radius 3 is 3.00 bits per heavy atom. The van der Waals surface area contributed by atoms with Crippen LogP contribution in [-0.2, 0) is 4.74 Å². The second kappa shape index (κ2) is 5.26. The van der Waals surface area contributed by atoms with Crippen LogP contribution < -0.4 is 5.32 Å². The van der Waals surface area contributed by atoms with Gasteiger partial charge in [0.15, 0.2) is 5.69 Å². The Balaban J connectivity index is 2.78. The lowest BCUT2D eigenvalue weighted by Gasteiger charge is -2.10. The van der Waals surface area contributed by atoms with E-state index in [4.69, 9.17) is 5.11 Å². The van der Waals surface area contributed by atoms with Gasteiger partial charge in [0, 0.05) is 6.04 Å². The van der Waals surface area contributed by atoms with Crippen LogP contribution in [0.1, 0.15) is 17.4 Å². The monoisotopic (exact) mass is 211 g/mol. The van der Waals surface area contributed by atoms with Crippen molar-refractivity contribution in [2.45, 2.75) is 13.0 Å². The molecule has 1 aromatic rings. The van der Waals surface area contributed by atoms with Gasteiger partial charge in [0.25, 0.3) is 0 Å². The molecule has 0 aliphatic rings. The summed E-state index contributed by atoms with van der Waals surface area (Å²) in [4.78, 5) is 18.9. The van der Waals surface area contributed by atoms with Crippen LogP contribution in [0.4, 0.5) is 5.82 Å². The first-order chi connectivity index (χ1) is 7.17. The molecule has 1 heterocycles. The van der Waals surface area contributed by atoms with Crippen LogP contribution in [0.2, 0.25) is 0 Å². The SMILES string of the molecule is COC(=O)c1cncc(NC(C)CO)n1. The number of hydrogen-bond donors (Lipinski definition) is 2. The molecule has 15 heavy (non-hydrogen) atoms. The Kier molecular flexibility index (Phi) is 3.99. The van der Waals surface area contributed by atoms with Crippen LogP contribution in [0.15, 0.2) is 12.4 Å². The summed E-state index contributed by atoms with van der Waals surface area (Å²) in [5, 5.41) is 11.7. The summed E-state index contributed by atoms with van der Waals surface area (Å²) in [5.74, 6) is -0.109. The van der Waals surface area contributed by atoms with Crippen molar-refractivity contribution in [3.63, 3.8) is 0 Å². The first-order valence-electron chi connectivity index (χ1n) is 4.45.